The lowest BCUT2D eigenvalue weighted by molar-refractivity contribution is -0.137. The first-order chi connectivity index (χ1) is 15.3. The number of carbonyl (C=O) groups is 1. The van der Waals surface area contributed by atoms with Crippen LogP contribution in [0.4, 0.5) is 13.2 Å². The Morgan fingerprint density at radius 2 is 1.88 bits per heavy atom. The van der Waals surface area contributed by atoms with Gasteiger partial charge in [0, 0.05) is 30.6 Å². The van der Waals surface area contributed by atoms with Crippen LogP contribution in [-0.2, 0) is 17.5 Å². The molecule has 10 heteroatoms. The fourth-order valence-corrected chi connectivity index (χ4v) is 3.63. The number of halogens is 3. The van der Waals surface area contributed by atoms with Crippen LogP contribution in [0.25, 0.3) is 11.4 Å². The molecule has 1 unspecified atom stereocenters. The Balaban J connectivity index is 1.48. The summed E-state index contributed by atoms with van der Waals surface area (Å²) in [6.45, 7) is 0.698. The fraction of sp³-hybridized carbons (Fsp3) is 0.318. The molecule has 1 fully saturated rings. The normalized spacial score (nSPS) is 16.5. The van der Waals surface area contributed by atoms with E-state index in [1.165, 1.54) is 12.1 Å². The predicted molar refractivity (Wildman–Crippen MR) is 107 cm³/mol. The Bertz CT molecular complexity index is 1110. The van der Waals surface area contributed by atoms with Crippen molar-refractivity contribution >= 4 is 5.91 Å². The number of hydrogen-bond acceptors (Lipinski definition) is 6. The largest absolute Gasteiger partial charge is 0.497 e. The zero-order valence-electron chi connectivity index (χ0n) is 17.3. The SMILES string of the molecule is COc1ccc(OC)c(CN2CC(c3nc(-c4ccc(C(F)(F)F)cc4)no3)CC2=O)c1. The van der Waals surface area contributed by atoms with E-state index in [-0.39, 0.29) is 30.0 Å². The molecule has 1 aromatic heterocycles. The molecule has 3 aromatic rings. The van der Waals surface area contributed by atoms with Crippen molar-refractivity contribution in [3.8, 4) is 22.9 Å². The van der Waals surface area contributed by atoms with Crippen LogP contribution in [0, 0.1) is 0 Å². The summed E-state index contributed by atoms with van der Waals surface area (Å²) in [7, 11) is 3.12. The zero-order valence-corrected chi connectivity index (χ0v) is 17.3. The summed E-state index contributed by atoms with van der Waals surface area (Å²) in [4.78, 5) is 18.6. The smallest absolute Gasteiger partial charge is 0.416 e. The van der Waals surface area contributed by atoms with Crippen LogP contribution in [-0.4, -0.2) is 41.7 Å². The second-order valence-corrected chi connectivity index (χ2v) is 7.38. The molecule has 7 nitrogen and oxygen atoms in total. The number of nitrogens with zero attached hydrogens (tertiary/aromatic N) is 3. The third kappa shape index (κ3) is 4.39. The quantitative estimate of drug-likeness (QED) is 0.561. The van der Waals surface area contributed by atoms with E-state index in [9.17, 15) is 18.0 Å². The second kappa shape index (κ2) is 8.52. The Hall–Kier alpha value is -3.56. The summed E-state index contributed by atoms with van der Waals surface area (Å²) in [5.74, 6) is 1.36. The van der Waals surface area contributed by atoms with Crippen molar-refractivity contribution in [2.45, 2.75) is 25.1 Å². The highest BCUT2D eigenvalue weighted by Gasteiger charge is 2.35. The summed E-state index contributed by atoms with van der Waals surface area (Å²) in [5.41, 5.74) is 0.446. The highest BCUT2D eigenvalue weighted by molar-refractivity contribution is 5.79. The fourth-order valence-electron chi connectivity index (χ4n) is 3.63. The Kier molecular flexibility index (Phi) is 5.77. The van der Waals surface area contributed by atoms with Gasteiger partial charge >= 0.3 is 6.18 Å². The molecule has 2 heterocycles. The Morgan fingerprint density at radius 3 is 2.53 bits per heavy atom. The molecule has 0 N–H and O–H groups in total. The molecule has 32 heavy (non-hydrogen) atoms. The minimum atomic E-state index is -4.42. The molecular formula is C22H20F3N3O4. The van der Waals surface area contributed by atoms with Gasteiger partial charge in [0.2, 0.25) is 17.6 Å². The first-order valence-electron chi connectivity index (χ1n) is 9.78. The first kappa shape index (κ1) is 21.7. The maximum absolute atomic E-state index is 12.7. The molecule has 2 aromatic carbocycles. The summed E-state index contributed by atoms with van der Waals surface area (Å²) in [5, 5.41) is 3.87. The van der Waals surface area contributed by atoms with Crippen molar-refractivity contribution < 1.29 is 32.0 Å². The lowest BCUT2D eigenvalue weighted by atomic mass is 10.1. The minimum Gasteiger partial charge on any atom is -0.497 e. The van der Waals surface area contributed by atoms with Crippen LogP contribution in [0.15, 0.2) is 47.0 Å². The molecule has 0 bridgehead atoms. The van der Waals surface area contributed by atoms with Gasteiger partial charge in [-0.2, -0.15) is 18.2 Å². The number of carbonyl (C=O) groups excluding carboxylic acids is 1. The maximum Gasteiger partial charge on any atom is 0.416 e. The van der Waals surface area contributed by atoms with E-state index >= 15 is 0 Å². The molecule has 0 saturated carbocycles. The van der Waals surface area contributed by atoms with Gasteiger partial charge in [0.1, 0.15) is 11.5 Å². The van der Waals surface area contributed by atoms with Crippen molar-refractivity contribution in [2.24, 2.45) is 0 Å². The van der Waals surface area contributed by atoms with E-state index in [0.29, 0.717) is 30.2 Å². The molecule has 4 rings (SSSR count). The number of likely N-dealkylation sites (tertiary alicyclic amines) is 1. The number of ether oxygens (including phenoxy) is 2. The minimum absolute atomic E-state index is 0.0749. The molecular weight excluding hydrogens is 427 g/mol. The number of aromatic nitrogens is 2. The van der Waals surface area contributed by atoms with Crippen molar-refractivity contribution in [3.05, 3.63) is 59.5 Å². The number of rotatable bonds is 6. The van der Waals surface area contributed by atoms with Crippen molar-refractivity contribution in [1.82, 2.24) is 15.0 Å². The molecule has 168 valence electrons. The Labute approximate surface area is 181 Å². The molecule has 0 radical (unpaired) electrons. The summed E-state index contributed by atoms with van der Waals surface area (Å²) < 4.78 is 54.2. The van der Waals surface area contributed by atoms with Crippen LogP contribution in [0.2, 0.25) is 0 Å². The van der Waals surface area contributed by atoms with Gasteiger partial charge in [-0.05, 0) is 30.3 Å². The van der Waals surface area contributed by atoms with Gasteiger partial charge < -0.3 is 18.9 Å². The maximum atomic E-state index is 12.7. The lowest BCUT2D eigenvalue weighted by Crippen LogP contribution is -2.24. The van der Waals surface area contributed by atoms with Crippen molar-refractivity contribution in [2.75, 3.05) is 20.8 Å². The molecule has 0 aliphatic carbocycles. The van der Waals surface area contributed by atoms with E-state index in [1.54, 1.807) is 31.3 Å². The highest BCUT2D eigenvalue weighted by atomic mass is 19.4. The first-order valence-corrected chi connectivity index (χ1v) is 9.78. The van der Waals surface area contributed by atoms with E-state index in [4.69, 9.17) is 14.0 Å². The third-order valence-corrected chi connectivity index (χ3v) is 5.32. The van der Waals surface area contributed by atoms with Crippen LogP contribution < -0.4 is 9.47 Å². The number of benzene rings is 2. The van der Waals surface area contributed by atoms with Gasteiger partial charge in [0.05, 0.1) is 25.7 Å². The molecule has 1 aliphatic rings. The van der Waals surface area contributed by atoms with E-state index < -0.39 is 11.7 Å². The lowest BCUT2D eigenvalue weighted by Gasteiger charge is -2.18. The van der Waals surface area contributed by atoms with Crippen molar-refractivity contribution in [1.29, 1.82) is 0 Å². The molecule has 1 aliphatic heterocycles. The number of hydrogen-bond donors (Lipinski definition) is 0. The van der Waals surface area contributed by atoms with Crippen LogP contribution in [0.1, 0.15) is 29.4 Å². The van der Waals surface area contributed by atoms with Gasteiger partial charge in [-0.15, -0.1) is 0 Å². The van der Waals surface area contributed by atoms with E-state index in [2.05, 4.69) is 10.1 Å². The summed E-state index contributed by atoms with van der Waals surface area (Å²) in [6, 6.07) is 9.88. The van der Waals surface area contributed by atoms with Gasteiger partial charge in [-0.3, -0.25) is 4.79 Å². The summed E-state index contributed by atoms with van der Waals surface area (Å²) >= 11 is 0. The number of alkyl halides is 3. The summed E-state index contributed by atoms with van der Waals surface area (Å²) in [6.07, 6.45) is -4.22. The van der Waals surface area contributed by atoms with Gasteiger partial charge in [0.15, 0.2) is 0 Å². The van der Waals surface area contributed by atoms with Crippen LogP contribution >= 0.6 is 0 Å². The highest BCUT2D eigenvalue weighted by Crippen LogP contribution is 2.33. The molecule has 0 spiro atoms. The van der Waals surface area contributed by atoms with Crippen LogP contribution in [0.5, 0.6) is 11.5 Å². The second-order valence-electron chi connectivity index (χ2n) is 7.38. The van der Waals surface area contributed by atoms with Crippen molar-refractivity contribution in [3.63, 3.8) is 0 Å². The van der Waals surface area contributed by atoms with Gasteiger partial charge in [-0.1, -0.05) is 17.3 Å². The number of amides is 1. The van der Waals surface area contributed by atoms with Gasteiger partial charge in [-0.25, -0.2) is 0 Å². The van der Waals surface area contributed by atoms with Crippen LogP contribution in [0.3, 0.4) is 0 Å². The standard InChI is InChI=1S/C22H20F3N3O4/c1-30-17-7-8-18(31-2)14(9-17)11-28-12-15(10-19(28)29)21-26-20(27-32-21)13-3-5-16(6-4-13)22(23,24)25/h3-9,15H,10-12H2,1-2H3. The Morgan fingerprint density at radius 1 is 1.12 bits per heavy atom. The average molecular weight is 447 g/mol. The zero-order chi connectivity index (χ0) is 22.9. The molecule has 1 saturated heterocycles. The predicted octanol–water partition coefficient (Wildman–Crippen LogP) is 4.29. The van der Waals surface area contributed by atoms with Gasteiger partial charge in [0.25, 0.3) is 0 Å². The average Bonchev–Trinajstić information content (AvgIpc) is 3.40. The molecule has 1 amide bonds. The monoisotopic (exact) mass is 447 g/mol. The van der Waals surface area contributed by atoms with E-state index in [1.807, 2.05) is 6.07 Å². The van der Waals surface area contributed by atoms with E-state index in [0.717, 1.165) is 17.7 Å². The topological polar surface area (TPSA) is 77.7 Å². The molecule has 1 atom stereocenters. The number of methoxy groups -OCH3 is 2. The third-order valence-electron chi connectivity index (χ3n) is 5.32.